The number of aromatic nitrogens is 3. The van der Waals surface area contributed by atoms with Crippen molar-refractivity contribution in [3.05, 3.63) is 36.2 Å². The standard InChI is InChI=1S/C17H25N5/c1-3-4-10-22-17(15-11-14(18)12-21(15)2)19-16(20-22)13-8-6-5-7-9-13/h5-9,14-15H,3-4,10-12,18H2,1-2H3/t14-,15-/m0/s1. The highest BCUT2D eigenvalue weighted by Gasteiger charge is 2.32. The van der Waals surface area contributed by atoms with E-state index in [0.29, 0.717) is 0 Å². The molecule has 2 atom stereocenters. The van der Waals surface area contributed by atoms with Crippen molar-refractivity contribution in [3.63, 3.8) is 0 Å². The van der Waals surface area contributed by atoms with Gasteiger partial charge in [-0.25, -0.2) is 9.67 Å². The summed E-state index contributed by atoms with van der Waals surface area (Å²) in [5.41, 5.74) is 7.19. The maximum absolute atomic E-state index is 6.12. The monoisotopic (exact) mass is 299 g/mol. The second kappa shape index (κ2) is 6.58. The number of aryl methyl sites for hydroxylation is 1. The molecule has 0 saturated carbocycles. The van der Waals surface area contributed by atoms with E-state index in [1.165, 1.54) is 0 Å². The third kappa shape index (κ3) is 3.05. The minimum Gasteiger partial charge on any atom is -0.326 e. The van der Waals surface area contributed by atoms with Crippen LogP contribution >= 0.6 is 0 Å². The van der Waals surface area contributed by atoms with Gasteiger partial charge in [-0.3, -0.25) is 4.90 Å². The second-order valence-corrected chi connectivity index (χ2v) is 6.19. The van der Waals surface area contributed by atoms with E-state index in [1.807, 2.05) is 18.2 Å². The van der Waals surface area contributed by atoms with Gasteiger partial charge in [0.2, 0.25) is 0 Å². The Morgan fingerprint density at radius 1 is 1.27 bits per heavy atom. The van der Waals surface area contributed by atoms with E-state index in [4.69, 9.17) is 15.8 Å². The van der Waals surface area contributed by atoms with Crippen LogP contribution in [0.4, 0.5) is 0 Å². The number of rotatable bonds is 5. The summed E-state index contributed by atoms with van der Waals surface area (Å²) >= 11 is 0. The van der Waals surface area contributed by atoms with Gasteiger partial charge in [-0.1, -0.05) is 43.7 Å². The van der Waals surface area contributed by atoms with Crippen LogP contribution in [0.2, 0.25) is 0 Å². The van der Waals surface area contributed by atoms with Crippen molar-refractivity contribution in [2.45, 2.75) is 44.8 Å². The molecular weight excluding hydrogens is 274 g/mol. The molecule has 5 nitrogen and oxygen atoms in total. The fraction of sp³-hybridized carbons (Fsp3) is 0.529. The highest BCUT2D eigenvalue weighted by atomic mass is 15.4. The molecule has 2 N–H and O–H groups in total. The lowest BCUT2D eigenvalue weighted by Crippen LogP contribution is -2.24. The number of likely N-dealkylation sites (N-methyl/N-ethyl adjacent to an activating group) is 1. The molecule has 5 heteroatoms. The van der Waals surface area contributed by atoms with Crippen LogP contribution in [0.1, 0.15) is 38.1 Å². The summed E-state index contributed by atoms with van der Waals surface area (Å²) < 4.78 is 2.09. The minimum absolute atomic E-state index is 0.228. The van der Waals surface area contributed by atoms with Crippen LogP contribution in [0.25, 0.3) is 11.4 Å². The van der Waals surface area contributed by atoms with Gasteiger partial charge in [0.1, 0.15) is 5.82 Å². The number of hydrogen-bond acceptors (Lipinski definition) is 4. The summed E-state index contributed by atoms with van der Waals surface area (Å²) in [6.07, 6.45) is 3.22. The van der Waals surface area contributed by atoms with Crippen LogP contribution in [0.15, 0.2) is 30.3 Å². The van der Waals surface area contributed by atoms with Crippen LogP contribution in [0, 0.1) is 0 Å². The largest absolute Gasteiger partial charge is 0.326 e. The van der Waals surface area contributed by atoms with Gasteiger partial charge >= 0.3 is 0 Å². The predicted molar refractivity (Wildman–Crippen MR) is 88.3 cm³/mol. The third-order valence-electron chi connectivity index (χ3n) is 4.33. The lowest BCUT2D eigenvalue weighted by atomic mass is 10.1. The van der Waals surface area contributed by atoms with E-state index in [9.17, 15) is 0 Å². The Hall–Kier alpha value is -1.72. The smallest absolute Gasteiger partial charge is 0.181 e. The van der Waals surface area contributed by atoms with Gasteiger partial charge in [0.05, 0.1) is 6.04 Å². The quantitative estimate of drug-likeness (QED) is 0.921. The van der Waals surface area contributed by atoms with E-state index in [0.717, 1.165) is 49.6 Å². The molecule has 0 unspecified atom stereocenters. The zero-order valence-electron chi connectivity index (χ0n) is 13.4. The van der Waals surface area contributed by atoms with Crippen molar-refractivity contribution in [2.24, 2.45) is 5.73 Å². The molecule has 22 heavy (non-hydrogen) atoms. The fourth-order valence-corrected chi connectivity index (χ4v) is 3.12. The van der Waals surface area contributed by atoms with Gasteiger partial charge in [-0.15, -0.1) is 0 Å². The van der Waals surface area contributed by atoms with Crippen LogP contribution in [-0.4, -0.2) is 39.3 Å². The van der Waals surface area contributed by atoms with Crippen molar-refractivity contribution < 1.29 is 0 Å². The zero-order valence-corrected chi connectivity index (χ0v) is 13.4. The van der Waals surface area contributed by atoms with E-state index in [1.54, 1.807) is 0 Å². The summed E-state index contributed by atoms with van der Waals surface area (Å²) in [7, 11) is 2.12. The first-order valence-corrected chi connectivity index (χ1v) is 8.15. The molecule has 0 amide bonds. The highest BCUT2D eigenvalue weighted by molar-refractivity contribution is 5.54. The summed E-state index contributed by atoms with van der Waals surface area (Å²) in [6, 6.07) is 10.7. The molecule has 1 aliphatic heterocycles. The summed E-state index contributed by atoms with van der Waals surface area (Å²) in [6.45, 7) is 4.05. The molecule has 0 bridgehead atoms. The topological polar surface area (TPSA) is 60.0 Å². The molecule has 118 valence electrons. The Labute approximate surface area is 132 Å². The molecule has 1 saturated heterocycles. The zero-order chi connectivity index (χ0) is 15.5. The number of nitrogens with zero attached hydrogens (tertiary/aromatic N) is 4. The predicted octanol–water partition coefficient (Wildman–Crippen LogP) is 2.45. The van der Waals surface area contributed by atoms with E-state index < -0.39 is 0 Å². The summed E-state index contributed by atoms with van der Waals surface area (Å²) in [5, 5.41) is 4.76. The van der Waals surface area contributed by atoms with Crippen molar-refractivity contribution >= 4 is 0 Å². The summed E-state index contributed by atoms with van der Waals surface area (Å²) in [5.74, 6) is 1.88. The van der Waals surface area contributed by atoms with Gasteiger partial charge in [0.25, 0.3) is 0 Å². The molecule has 1 aliphatic rings. The average Bonchev–Trinajstić information content (AvgIpc) is 3.09. The Kier molecular flexibility index (Phi) is 4.55. The van der Waals surface area contributed by atoms with Crippen LogP contribution in [0.5, 0.6) is 0 Å². The molecule has 1 aromatic carbocycles. The molecule has 2 aromatic rings. The van der Waals surface area contributed by atoms with E-state index in [-0.39, 0.29) is 12.1 Å². The molecule has 0 aliphatic carbocycles. The first kappa shape index (κ1) is 15.2. The number of benzene rings is 1. The molecule has 0 radical (unpaired) electrons. The number of nitrogens with two attached hydrogens (primary N) is 1. The van der Waals surface area contributed by atoms with Crippen molar-refractivity contribution in [3.8, 4) is 11.4 Å². The van der Waals surface area contributed by atoms with Gasteiger partial charge in [0.15, 0.2) is 5.82 Å². The second-order valence-electron chi connectivity index (χ2n) is 6.19. The SMILES string of the molecule is CCCCn1nc(-c2ccccc2)nc1[C@@H]1C[C@H](N)CN1C. The maximum Gasteiger partial charge on any atom is 0.181 e. The van der Waals surface area contributed by atoms with Gasteiger partial charge < -0.3 is 5.73 Å². The average molecular weight is 299 g/mol. The number of likely N-dealkylation sites (tertiary alicyclic amines) is 1. The maximum atomic E-state index is 6.12. The highest BCUT2D eigenvalue weighted by Crippen LogP contribution is 2.30. The molecule has 1 fully saturated rings. The van der Waals surface area contributed by atoms with Crippen LogP contribution < -0.4 is 5.73 Å². The molecule has 3 rings (SSSR count). The lowest BCUT2D eigenvalue weighted by molar-refractivity contribution is 0.293. The first-order valence-electron chi connectivity index (χ1n) is 8.15. The molecule has 0 spiro atoms. The fourth-order valence-electron chi connectivity index (χ4n) is 3.12. The van der Waals surface area contributed by atoms with Gasteiger partial charge in [-0.2, -0.15) is 5.10 Å². The van der Waals surface area contributed by atoms with Crippen molar-refractivity contribution in [1.82, 2.24) is 19.7 Å². The molecular formula is C17H25N5. The number of hydrogen-bond donors (Lipinski definition) is 1. The van der Waals surface area contributed by atoms with Crippen molar-refractivity contribution in [1.29, 1.82) is 0 Å². The van der Waals surface area contributed by atoms with Crippen molar-refractivity contribution in [2.75, 3.05) is 13.6 Å². The lowest BCUT2D eigenvalue weighted by Gasteiger charge is -2.18. The molecule has 1 aromatic heterocycles. The van der Waals surface area contributed by atoms with E-state index in [2.05, 4.69) is 35.7 Å². The Morgan fingerprint density at radius 2 is 2.05 bits per heavy atom. The molecule has 2 heterocycles. The normalized spacial score (nSPS) is 22.3. The summed E-state index contributed by atoms with van der Waals surface area (Å²) in [4.78, 5) is 7.15. The Balaban J connectivity index is 1.95. The van der Waals surface area contributed by atoms with Crippen LogP contribution in [-0.2, 0) is 6.54 Å². The van der Waals surface area contributed by atoms with Gasteiger partial charge in [0, 0.05) is 24.7 Å². The Bertz CT molecular complexity index is 607. The van der Waals surface area contributed by atoms with E-state index >= 15 is 0 Å². The minimum atomic E-state index is 0.228. The van der Waals surface area contributed by atoms with Crippen LogP contribution in [0.3, 0.4) is 0 Å². The first-order chi connectivity index (χ1) is 10.7. The Morgan fingerprint density at radius 3 is 2.68 bits per heavy atom. The third-order valence-corrected chi connectivity index (χ3v) is 4.33. The number of unbranched alkanes of at least 4 members (excludes halogenated alkanes) is 1. The van der Waals surface area contributed by atoms with Gasteiger partial charge in [-0.05, 0) is 19.9 Å².